The summed E-state index contributed by atoms with van der Waals surface area (Å²) >= 11 is 0. The van der Waals surface area contributed by atoms with Crippen LogP contribution in [-0.4, -0.2) is 27.2 Å². The maximum absolute atomic E-state index is 5.81. The summed E-state index contributed by atoms with van der Waals surface area (Å²) in [5.41, 5.74) is 1.90. The van der Waals surface area contributed by atoms with Crippen molar-refractivity contribution in [3.8, 4) is 11.5 Å². The van der Waals surface area contributed by atoms with Gasteiger partial charge < -0.3 is 24.5 Å². The van der Waals surface area contributed by atoms with Gasteiger partial charge in [0.25, 0.3) is 0 Å². The molecule has 2 N–H and O–H groups in total. The molecule has 0 unspecified atom stereocenters. The van der Waals surface area contributed by atoms with Crippen molar-refractivity contribution in [3.05, 3.63) is 59.9 Å². The quantitative estimate of drug-likeness (QED) is 0.317. The van der Waals surface area contributed by atoms with Gasteiger partial charge in [0.05, 0.1) is 20.8 Å². The largest absolute Gasteiger partial charge is 0.497 e. The maximum atomic E-state index is 5.81. The van der Waals surface area contributed by atoms with Crippen LogP contribution < -0.4 is 20.1 Å². The van der Waals surface area contributed by atoms with Crippen LogP contribution in [0.4, 0.5) is 0 Å². The molecule has 0 bridgehead atoms. The van der Waals surface area contributed by atoms with Crippen LogP contribution in [-0.2, 0) is 13.1 Å². The van der Waals surface area contributed by atoms with Crippen molar-refractivity contribution in [2.45, 2.75) is 13.1 Å². The molecule has 3 aromatic rings. The van der Waals surface area contributed by atoms with Crippen LogP contribution in [0, 0.1) is 0 Å². The molecular formula is C20H24IN3O3. The van der Waals surface area contributed by atoms with Gasteiger partial charge in [0, 0.05) is 30.6 Å². The molecule has 7 heteroatoms. The van der Waals surface area contributed by atoms with Crippen molar-refractivity contribution in [2.75, 3.05) is 21.3 Å². The topological polar surface area (TPSA) is 68.0 Å². The number of aliphatic imine (C=N–C) groups is 1. The molecule has 0 saturated carbocycles. The van der Waals surface area contributed by atoms with Crippen LogP contribution in [0.25, 0.3) is 11.0 Å². The molecule has 0 radical (unpaired) electrons. The van der Waals surface area contributed by atoms with Gasteiger partial charge in [-0.15, -0.1) is 24.0 Å². The second-order valence-corrected chi connectivity index (χ2v) is 5.71. The summed E-state index contributed by atoms with van der Waals surface area (Å²) in [6.07, 6.45) is 0. The summed E-state index contributed by atoms with van der Waals surface area (Å²) in [5.74, 6) is 3.07. The first-order valence-electron chi connectivity index (χ1n) is 8.36. The first-order chi connectivity index (χ1) is 12.7. The lowest BCUT2D eigenvalue weighted by Crippen LogP contribution is -2.36. The fourth-order valence-corrected chi connectivity index (χ4v) is 2.69. The molecule has 0 spiro atoms. The summed E-state index contributed by atoms with van der Waals surface area (Å²) in [5, 5.41) is 7.63. The summed E-state index contributed by atoms with van der Waals surface area (Å²) in [6.45, 7) is 1.13. The number of fused-ring (bicyclic) bond motifs is 1. The number of nitrogens with zero attached hydrogens (tertiary/aromatic N) is 1. The molecule has 6 nitrogen and oxygen atoms in total. The summed E-state index contributed by atoms with van der Waals surface area (Å²) in [7, 11) is 5.02. The van der Waals surface area contributed by atoms with E-state index in [1.807, 2.05) is 48.5 Å². The van der Waals surface area contributed by atoms with E-state index in [4.69, 9.17) is 13.9 Å². The van der Waals surface area contributed by atoms with Gasteiger partial charge in [-0.3, -0.25) is 4.99 Å². The average Bonchev–Trinajstić information content (AvgIpc) is 3.11. The molecular weight excluding hydrogens is 457 g/mol. The van der Waals surface area contributed by atoms with E-state index in [-0.39, 0.29) is 24.0 Å². The normalized spacial score (nSPS) is 11.0. The number of hydrogen-bond donors (Lipinski definition) is 2. The Bertz CT molecular complexity index is 875. The van der Waals surface area contributed by atoms with Gasteiger partial charge in [0.2, 0.25) is 0 Å². The van der Waals surface area contributed by atoms with E-state index in [1.165, 1.54) is 0 Å². The number of para-hydroxylation sites is 1. The molecule has 0 aliphatic heterocycles. The fraction of sp³-hybridized carbons (Fsp3) is 0.250. The molecule has 0 aliphatic carbocycles. The first-order valence-corrected chi connectivity index (χ1v) is 8.36. The van der Waals surface area contributed by atoms with Crippen molar-refractivity contribution < 1.29 is 13.9 Å². The first kappa shape index (κ1) is 20.9. The van der Waals surface area contributed by atoms with Crippen molar-refractivity contribution in [3.63, 3.8) is 0 Å². The molecule has 0 fully saturated rings. The number of nitrogens with one attached hydrogen (secondary N) is 2. The Morgan fingerprint density at radius 2 is 1.78 bits per heavy atom. The van der Waals surface area contributed by atoms with Gasteiger partial charge >= 0.3 is 0 Å². The van der Waals surface area contributed by atoms with E-state index in [9.17, 15) is 0 Å². The van der Waals surface area contributed by atoms with Gasteiger partial charge in [-0.2, -0.15) is 0 Å². The third-order valence-electron chi connectivity index (χ3n) is 4.07. The van der Waals surface area contributed by atoms with Crippen LogP contribution in [0.15, 0.2) is 57.9 Å². The van der Waals surface area contributed by atoms with Crippen molar-refractivity contribution in [2.24, 2.45) is 4.99 Å². The number of guanidine groups is 1. The standard InChI is InChI=1S/C20H23N3O3.HI/c1-21-20(22-12-15-8-9-16(24-2)11-19(15)25-3)23-13-17-10-14-6-4-5-7-18(14)26-17;/h4-11H,12-13H2,1-3H3,(H2,21,22,23);1H. The molecule has 1 heterocycles. The number of furan rings is 1. The number of benzene rings is 2. The Morgan fingerprint density at radius 3 is 2.48 bits per heavy atom. The molecule has 0 amide bonds. The minimum absolute atomic E-state index is 0. The molecule has 0 atom stereocenters. The lowest BCUT2D eigenvalue weighted by Gasteiger charge is -2.14. The summed E-state index contributed by atoms with van der Waals surface area (Å²) < 4.78 is 16.5. The number of rotatable bonds is 6. The Labute approximate surface area is 176 Å². The maximum Gasteiger partial charge on any atom is 0.191 e. The molecule has 3 rings (SSSR count). The van der Waals surface area contributed by atoms with Gasteiger partial charge in [-0.25, -0.2) is 0 Å². The average molecular weight is 481 g/mol. The predicted molar refractivity (Wildman–Crippen MR) is 118 cm³/mol. The van der Waals surface area contributed by atoms with Gasteiger partial charge in [0.1, 0.15) is 22.8 Å². The van der Waals surface area contributed by atoms with Crippen molar-refractivity contribution >= 4 is 40.9 Å². The number of ether oxygens (including phenoxy) is 2. The van der Waals surface area contributed by atoms with E-state index >= 15 is 0 Å². The van der Waals surface area contributed by atoms with Crippen LogP contribution >= 0.6 is 24.0 Å². The number of methoxy groups -OCH3 is 2. The molecule has 0 aliphatic rings. The SMILES string of the molecule is CN=C(NCc1cc2ccccc2o1)NCc1ccc(OC)cc1OC.I. The Kier molecular flexibility index (Phi) is 7.78. The molecule has 0 saturated heterocycles. The van der Waals surface area contributed by atoms with Gasteiger partial charge in [-0.1, -0.05) is 18.2 Å². The number of hydrogen-bond acceptors (Lipinski definition) is 4. The Hall–Kier alpha value is -2.42. The Balaban J connectivity index is 0.00000261. The zero-order chi connectivity index (χ0) is 18.4. The molecule has 1 aromatic heterocycles. The highest BCUT2D eigenvalue weighted by molar-refractivity contribution is 14.0. The van der Waals surface area contributed by atoms with E-state index in [0.29, 0.717) is 19.0 Å². The minimum Gasteiger partial charge on any atom is -0.497 e. The molecule has 27 heavy (non-hydrogen) atoms. The van der Waals surface area contributed by atoms with Gasteiger partial charge in [-0.05, 0) is 24.3 Å². The smallest absolute Gasteiger partial charge is 0.191 e. The van der Waals surface area contributed by atoms with Crippen LogP contribution in [0.1, 0.15) is 11.3 Å². The predicted octanol–water partition coefficient (Wildman–Crippen LogP) is 3.93. The zero-order valence-electron chi connectivity index (χ0n) is 15.6. The monoisotopic (exact) mass is 481 g/mol. The Morgan fingerprint density at radius 1 is 1.00 bits per heavy atom. The van der Waals surface area contributed by atoms with Crippen LogP contribution in [0.3, 0.4) is 0 Å². The van der Waals surface area contributed by atoms with Crippen molar-refractivity contribution in [1.29, 1.82) is 0 Å². The van der Waals surface area contributed by atoms with Gasteiger partial charge in [0.15, 0.2) is 5.96 Å². The second-order valence-electron chi connectivity index (χ2n) is 5.71. The van der Waals surface area contributed by atoms with Crippen molar-refractivity contribution in [1.82, 2.24) is 10.6 Å². The minimum atomic E-state index is 0. The third-order valence-corrected chi connectivity index (χ3v) is 4.07. The lowest BCUT2D eigenvalue weighted by atomic mass is 10.2. The fourth-order valence-electron chi connectivity index (χ4n) is 2.69. The zero-order valence-corrected chi connectivity index (χ0v) is 17.9. The van der Waals surface area contributed by atoms with E-state index < -0.39 is 0 Å². The lowest BCUT2D eigenvalue weighted by molar-refractivity contribution is 0.390. The summed E-state index contributed by atoms with van der Waals surface area (Å²) in [6, 6.07) is 15.7. The highest BCUT2D eigenvalue weighted by atomic mass is 127. The molecule has 144 valence electrons. The van der Waals surface area contributed by atoms with E-state index in [1.54, 1.807) is 21.3 Å². The van der Waals surface area contributed by atoms with E-state index in [2.05, 4.69) is 15.6 Å². The second kappa shape index (κ2) is 10.1. The van der Waals surface area contributed by atoms with Crippen LogP contribution in [0.5, 0.6) is 11.5 Å². The highest BCUT2D eigenvalue weighted by Gasteiger charge is 2.07. The molecule has 2 aromatic carbocycles. The highest BCUT2D eigenvalue weighted by Crippen LogP contribution is 2.24. The summed E-state index contributed by atoms with van der Waals surface area (Å²) in [4.78, 5) is 4.25. The third kappa shape index (κ3) is 5.29. The van der Waals surface area contributed by atoms with Crippen LogP contribution in [0.2, 0.25) is 0 Å². The van der Waals surface area contributed by atoms with E-state index in [0.717, 1.165) is 33.8 Å². The number of halogens is 1.